The van der Waals surface area contributed by atoms with Gasteiger partial charge in [-0.05, 0) is 30.3 Å². The Morgan fingerprint density at radius 1 is 1.21 bits per heavy atom. The van der Waals surface area contributed by atoms with Crippen LogP contribution >= 0.6 is 0 Å². The monoisotopic (exact) mass is 192 g/mol. The van der Waals surface area contributed by atoms with Gasteiger partial charge in [-0.3, -0.25) is 9.59 Å². The molecule has 0 N–H and O–H groups in total. The highest BCUT2D eigenvalue weighted by atomic mass is 16.1. The summed E-state index contributed by atoms with van der Waals surface area (Å²) in [6.45, 7) is 3.96. The molecule has 3 atom stereocenters. The normalized spacial score (nSPS) is 37.9. The third kappa shape index (κ3) is 1.54. The van der Waals surface area contributed by atoms with Crippen LogP contribution in [0.3, 0.4) is 0 Å². The Hall–Kier alpha value is -0.920. The van der Waals surface area contributed by atoms with Gasteiger partial charge in [-0.1, -0.05) is 13.0 Å². The minimum Gasteiger partial charge on any atom is -0.300 e. The minimum absolute atomic E-state index is 0.271. The van der Waals surface area contributed by atoms with E-state index in [1.54, 1.807) is 0 Å². The van der Waals surface area contributed by atoms with E-state index in [-0.39, 0.29) is 5.78 Å². The second kappa shape index (κ2) is 3.34. The van der Waals surface area contributed by atoms with Gasteiger partial charge in [0.2, 0.25) is 0 Å². The summed E-state index contributed by atoms with van der Waals surface area (Å²) in [4.78, 5) is 22.9. The van der Waals surface area contributed by atoms with Crippen LogP contribution in [0.15, 0.2) is 11.6 Å². The number of hydrogen-bond donors (Lipinski definition) is 0. The maximum absolute atomic E-state index is 11.5. The summed E-state index contributed by atoms with van der Waals surface area (Å²) >= 11 is 0. The topological polar surface area (TPSA) is 34.1 Å². The van der Waals surface area contributed by atoms with E-state index in [1.807, 2.05) is 13.0 Å². The van der Waals surface area contributed by atoms with E-state index in [2.05, 4.69) is 6.92 Å². The van der Waals surface area contributed by atoms with Gasteiger partial charge < -0.3 is 0 Å². The molecule has 1 fully saturated rings. The third-order valence-corrected chi connectivity index (χ3v) is 3.62. The van der Waals surface area contributed by atoms with Crippen LogP contribution in [-0.4, -0.2) is 11.6 Å². The Bertz CT molecular complexity index is 314. The Morgan fingerprint density at radius 2 is 1.93 bits per heavy atom. The lowest BCUT2D eigenvalue weighted by molar-refractivity contribution is -0.126. The number of rotatable bonds is 0. The molecule has 2 nitrogen and oxygen atoms in total. The first-order chi connectivity index (χ1) is 6.58. The van der Waals surface area contributed by atoms with E-state index in [1.165, 1.54) is 0 Å². The van der Waals surface area contributed by atoms with Crippen LogP contribution in [0.1, 0.15) is 33.1 Å². The minimum atomic E-state index is 0.271. The van der Waals surface area contributed by atoms with Crippen molar-refractivity contribution in [1.29, 1.82) is 0 Å². The van der Waals surface area contributed by atoms with Gasteiger partial charge in [0, 0.05) is 19.3 Å². The zero-order chi connectivity index (χ0) is 10.3. The van der Waals surface area contributed by atoms with Crippen LogP contribution in [0.4, 0.5) is 0 Å². The van der Waals surface area contributed by atoms with Crippen LogP contribution < -0.4 is 0 Å². The van der Waals surface area contributed by atoms with E-state index in [0.717, 1.165) is 5.57 Å². The van der Waals surface area contributed by atoms with Crippen LogP contribution in [0.2, 0.25) is 0 Å². The molecule has 2 rings (SSSR count). The van der Waals surface area contributed by atoms with Crippen LogP contribution in [0.5, 0.6) is 0 Å². The molecule has 0 spiro atoms. The summed E-state index contributed by atoms with van der Waals surface area (Å²) in [5.74, 6) is 1.77. The number of allylic oxidation sites excluding steroid dienone is 2. The van der Waals surface area contributed by atoms with Gasteiger partial charge in [0.15, 0.2) is 5.78 Å². The fraction of sp³-hybridized carbons (Fsp3) is 0.667. The van der Waals surface area contributed by atoms with Crippen molar-refractivity contribution < 1.29 is 9.59 Å². The lowest BCUT2D eigenvalue weighted by Gasteiger charge is -2.36. The lowest BCUT2D eigenvalue weighted by Crippen LogP contribution is -2.35. The fourth-order valence-corrected chi connectivity index (χ4v) is 2.75. The number of fused-ring (bicyclic) bond motifs is 1. The molecule has 2 heteroatoms. The van der Waals surface area contributed by atoms with Crippen molar-refractivity contribution in [3.8, 4) is 0 Å². The Balaban J connectivity index is 2.26. The molecule has 76 valence electrons. The predicted molar refractivity (Wildman–Crippen MR) is 53.8 cm³/mol. The van der Waals surface area contributed by atoms with Gasteiger partial charge >= 0.3 is 0 Å². The zero-order valence-electron chi connectivity index (χ0n) is 8.75. The largest absolute Gasteiger partial charge is 0.300 e. The molecule has 0 heterocycles. The standard InChI is InChI=1S/C12H16O2/c1-7-4-10(13)5-9-3-8(2)12(14)6-11(7)9/h3,7,9,11H,4-6H2,1-2H3/t7-,9-,11+/m1/s1. The first-order valence-corrected chi connectivity index (χ1v) is 5.31. The van der Waals surface area contributed by atoms with Crippen molar-refractivity contribution in [3.05, 3.63) is 11.6 Å². The van der Waals surface area contributed by atoms with Crippen molar-refractivity contribution in [1.82, 2.24) is 0 Å². The van der Waals surface area contributed by atoms with E-state index >= 15 is 0 Å². The molecule has 1 saturated carbocycles. The molecule has 0 aromatic rings. The zero-order valence-corrected chi connectivity index (χ0v) is 8.75. The lowest BCUT2D eigenvalue weighted by atomic mass is 9.67. The number of carbonyl (C=O) groups excluding carboxylic acids is 2. The molecule has 0 saturated heterocycles. The molecule has 0 bridgehead atoms. The van der Waals surface area contributed by atoms with Crippen molar-refractivity contribution in [2.45, 2.75) is 33.1 Å². The van der Waals surface area contributed by atoms with Gasteiger partial charge in [-0.15, -0.1) is 0 Å². The number of carbonyl (C=O) groups is 2. The van der Waals surface area contributed by atoms with Crippen molar-refractivity contribution in [2.75, 3.05) is 0 Å². The second-order valence-electron chi connectivity index (χ2n) is 4.73. The second-order valence-corrected chi connectivity index (χ2v) is 4.73. The first kappa shape index (κ1) is 9.63. The molecule has 0 aromatic heterocycles. The molecule has 0 amide bonds. The summed E-state index contributed by atoms with van der Waals surface area (Å²) in [6, 6.07) is 0. The van der Waals surface area contributed by atoms with Crippen molar-refractivity contribution in [2.24, 2.45) is 17.8 Å². The number of hydrogen-bond acceptors (Lipinski definition) is 2. The molecular formula is C12H16O2. The quantitative estimate of drug-likeness (QED) is 0.589. The average Bonchev–Trinajstić information content (AvgIpc) is 2.08. The Kier molecular flexibility index (Phi) is 2.30. The summed E-state index contributed by atoms with van der Waals surface area (Å²) in [6.07, 6.45) is 3.99. The summed E-state index contributed by atoms with van der Waals surface area (Å²) in [7, 11) is 0. The molecule has 14 heavy (non-hydrogen) atoms. The summed E-state index contributed by atoms with van der Waals surface area (Å²) < 4.78 is 0. The first-order valence-electron chi connectivity index (χ1n) is 5.31. The van der Waals surface area contributed by atoms with Crippen LogP contribution in [0, 0.1) is 17.8 Å². The third-order valence-electron chi connectivity index (χ3n) is 3.62. The van der Waals surface area contributed by atoms with Gasteiger partial charge in [-0.2, -0.15) is 0 Å². The average molecular weight is 192 g/mol. The molecular weight excluding hydrogens is 176 g/mol. The van der Waals surface area contributed by atoms with E-state index in [4.69, 9.17) is 0 Å². The van der Waals surface area contributed by atoms with Crippen molar-refractivity contribution in [3.63, 3.8) is 0 Å². The maximum atomic E-state index is 11.5. The summed E-state index contributed by atoms with van der Waals surface area (Å²) in [5, 5.41) is 0. The highest BCUT2D eigenvalue weighted by Crippen LogP contribution is 2.39. The van der Waals surface area contributed by atoms with Gasteiger partial charge in [-0.25, -0.2) is 0 Å². The molecule has 0 aromatic carbocycles. The predicted octanol–water partition coefficient (Wildman–Crippen LogP) is 2.14. The highest BCUT2D eigenvalue weighted by Gasteiger charge is 2.37. The van der Waals surface area contributed by atoms with Gasteiger partial charge in [0.1, 0.15) is 5.78 Å². The maximum Gasteiger partial charge on any atom is 0.158 e. The summed E-state index contributed by atoms with van der Waals surface area (Å²) in [5.41, 5.74) is 0.855. The van der Waals surface area contributed by atoms with E-state index in [0.29, 0.717) is 42.8 Å². The number of ketones is 2. The SMILES string of the molecule is CC1=C[C@@H]2CC(=O)C[C@@H](C)[C@@H]2CC1=O. The smallest absolute Gasteiger partial charge is 0.158 e. The Labute approximate surface area is 84.4 Å². The van der Waals surface area contributed by atoms with Crippen LogP contribution in [0.25, 0.3) is 0 Å². The van der Waals surface area contributed by atoms with Gasteiger partial charge in [0.05, 0.1) is 0 Å². The fourth-order valence-electron chi connectivity index (χ4n) is 2.75. The number of Topliss-reactive ketones (excluding diaryl/α,β-unsaturated/α-hetero) is 2. The molecule has 0 aliphatic heterocycles. The van der Waals surface area contributed by atoms with Crippen LogP contribution in [-0.2, 0) is 9.59 Å². The molecule has 0 unspecified atom stereocenters. The van der Waals surface area contributed by atoms with Gasteiger partial charge in [0.25, 0.3) is 0 Å². The highest BCUT2D eigenvalue weighted by molar-refractivity contribution is 5.96. The van der Waals surface area contributed by atoms with E-state index in [9.17, 15) is 9.59 Å². The molecule has 2 aliphatic rings. The van der Waals surface area contributed by atoms with Crippen molar-refractivity contribution >= 4 is 11.6 Å². The Morgan fingerprint density at radius 3 is 2.64 bits per heavy atom. The molecule has 0 radical (unpaired) electrons. The van der Waals surface area contributed by atoms with E-state index < -0.39 is 0 Å². The molecule has 2 aliphatic carbocycles.